The van der Waals surface area contributed by atoms with Crippen molar-refractivity contribution in [2.45, 2.75) is 32.1 Å². The zero-order valence-corrected chi connectivity index (χ0v) is 17.9. The van der Waals surface area contributed by atoms with Gasteiger partial charge in [0.25, 0.3) is 0 Å². The fraction of sp³-hybridized carbons (Fsp3) is 0.250. The van der Waals surface area contributed by atoms with Gasteiger partial charge in [0.1, 0.15) is 23.9 Å². The van der Waals surface area contributed by atoms with Gasteiger partial charge < -0.3 is 14.3 Å². The molecule has 5 nitrogen and oxygen atoms in total. The topological polar surface area (TPSA) is 72.6 Å². The minimum absolute atomic E-state index is 0.0127. The number of carboxylic acids is 1. The Hall–Kier alpha value is -3.12. The van der Waals surface area contributed by atoms with Crippen molar-refractivity contribution < 1.29 is 19.1 Å². The Morgan fingerprint density at radius 1 is 1.17 bits per heavy atom. The van der Waals surface area contributed by atoms with Gasteiger partial charge in [0.05, 0.1) is 5.69 Å². The second-order valence-corrected chi connectivity index (χ2v) is 9.07. The summed E-state index contributed by atoms with van der Waals surface area (Å²) < 4.78 is 11.8. The number of carboxylic acid groups (broad SMARTS) is 1. The molecule has 2 aromatic heterocycles. The van der Waals surface area contributed by atoms with Crippen LogP contribution in [0.3, 0.4) is 0 Å². The Morgan fingerprint density at radius 3 is 2.60 bits per heavy atom. The monoisotopic (exact) mass is 421 g/mol. The predicted octanol–water partition coefficient (Wildman–Crippen LogP) is 6.10. The summed E-state index contributed by atoms with van der Waals surface area (Å²) in [6.07, 6.45) is 0. The maximum Gasteiger partial charge on any atom is 0.314 e. The van der Waals surface area contributed by atoms with Crippen LogP contribution in [0.25, 0.3) is 21.7 Å². The molecule has 0 fully saturated rings. The van der Waals surface area contributed by atoms with Crippen LogP contribution >= 0.6 is 11.3 Å². The van der Waals surface area contributed by atoms with Crippen molar-refractivity contribution in [2.75, 3.05) is 6.61 Å². The molecule has 6 heteroatoms. The molecule has 0 bridgehead atoms. The standard InChI is InChI=1S/C24H23NO4S/c1-24(2,3)21-14-30-22(25-21)20-12-16-11-17(9-10-19(16)29-20)28-13-18(23(26)27)15-7-5-4-6-8-15/h4-12,14,18H,13H2,1-3H3,(H,26,27). The van der Waals surface area contributed by atoms with E-state index in [-0.39, 0.29) is 12.0 Å². The first kappa shape index (κ1) is 20.2. The van der Waals surface area contributed by atoms with Crippen molar-refractivity contribution in [1.29, 1.82) is 0 Å². The van der Waals surface area contributed by atoms with Crippen molar-refractivity contribution in [3.63, 3.8) is 0 Å². The van der Waals surface area contributed by atoms with Gasteiger partial charge in [0, 0.05) is 16.2 Å². The molecule has 0 amide bonds. The third-order valence-corrected chi connectivity index (χ3v) is 5.74. The number of thiazole rings is 1. The lowest BCUT2D eigenvalue weighted by atomic mass is 9.93. The van der Waals surface area contributed by atoms with E-state index in [1.807, 2.05) is 36.4 Å². The highest BCUT2D eigenvalue weighted by Gasteiger charge is 2.21. The third-order valence-electron chi connectivity index (χ3n) is 4.89. The van der Waals surface area contributed by atoms with E-state index < -0.39 is 11.9 Å². The Labute approximate surface area is 179 Å². The van der Waals surface area contributed by atoms with Gasteiger partial charge in [0.15, 0.2) is 10.8 Å². The molecule has 30 heavy (non-hydrogen) atoms. The molecular formula is C24H23NO4S. The average molecular weight is 422 g/mol. The fourth-order valence-corrected chi connectivity index (χ4v) is 4.12. The molecule has 1 unspecified atom stereocenters. The van der Waals surface area contributed by atoms with Crippen LogP contribution in [-0.2, 0) is 10.2 Å². The summed E-state index contributed by atoms with van der Waals surface area (Å²) >= 11 is 1.56. The first-order valence-corrected chi connectivity index (χ1v) is 10.6. The van der Waals surface area contributed by atoms with Gasteiger partial charge in [-0.2, -0.15) is 0 Å². The van der Waals surface area contributed by atoms with E-state index in [0.717, 1.165) is 33.0 Å². The number of aromatic nitrogens is 1. The van der Waals surface area contributed by atoms with Crippen LogP contribution in [-0.4, -0.2) is 22.7 Å². The summed E-state index contributed by atoms with van der Waals surface area (Å²) in [5, 5.41) is 13.4. The molecule has 1 atom stereocenters. The van der Waals surface area contributed by atoms with Gasteiger partial charge in [0.2, 0.25) is 0 Å². The van der Waals surface area contributed by atoms with Gasteiger partial charge in [-0.1, -0.05) is 51.1 Å². The van der Waals surface area contributed by atoms with Crippen LogP contribution in [0.15, 0.2) is 64.4 Å². The third kappa shape index (κ3) is 4.24. The SMILES string of the molecule is CC(C)(C)c1csc(-c2cc3cc(OCC(C(=O)O)c4ccccc4)ccc3o2)n1. The van der Waals surface area contributed by atoms with E-state index in [1.165, 1.54) is 0 Å². The number of fused-ring (bicyclic) bond motifs is 1. The van der Waals surface area contributed by atoms with Gasteiger partial charge in [-0.15, -0.1) is 11.3 Å². The second-order valence-electron chi connectivity index (χ2n) is 8.21. The molecule has 0 saturated carbocycles. The Morgan fingerprint density at radius 2 is 1.93 bits per heavy atom. The van der Waals surface area contributed by atoms with E-state index in [9.17, 15) is 9.90 Å². The highest BCUT2D eigenvalue weighted by molar-refractivity contribution is 7.13. The highest BCUT2D eigenvalue weighted by Crippen LogP contribution is 2.34. The van der Waals surface area contributed by atoms with Crippen molar-refractivity contribution >= 4 is 28.3 Å². The first-order chi connectivity index (χ1) is 14.3. The van der Waals surface area contributed by atoms with Crippen LogP contribution in [0, 0.1) is 0 Å². The first-order valence-electron chi connectivity index (χ1n) is 9.72. The minimum Gasteiger partial charge on any atom is -0.492 e. The van der Waals surface area contributed by atoms with Crippen molar-refractivity contribution in [2.24, 2.45) is 0 Å². The van der Waals surface area contributed by atoms with Gasteiger partial charge in [-0.05, 0) is 29.8 Å². The second kappa shape index (κ2) is 7.95. The molecule has 0 radical (unpaired) electrons. The molecule has 2 aromatic carbocycles. The largest absolute Gasteiger partial charge is 0.492 e. The Balaban J connectivity index is 1.54. The summed E-state index contributed by atoms with van der Waals surface area (Å²) in [7, 11) is 0. The smallest absolute Gasteiger partial charge is 0.314 e. The number of nitrogens with zero attached hydrogens (tertiary/aromatic N) is 1. The van der Waals surface area contributed by atoms with Crippen molar-refractivity contribution in [1.82, 2.24) is 4.98 Å². The summed E-state index contributed by atoms with van der Waals surface area (Å²) in [5.74, 6) is -0.318. The Kier molecular flexibility index (Phi) is 5.35. The molecular weight excluding hydrogens is 398 g/mol. The number of furan rings is 1. The molecule has 0 aliphatic heterocycles. The maximum absolute atomic E-state index is 11.7. The van der Waals surface area contributed by atoms with Crippen LogP contribution in [0.2, 0.25) is 0 Å². The van der Waals surface area contributed by atoms with Gasteiger partial charge in [-0.3, -0.25) is 4.79 Å². The lowest BCUT2D eigenvalue weighted by molar-refractivity contribution is -0.139. The van der Waals surface area contributed by atoms with E-state index in [1.54, 1.807) is 29.5 Å². The Bertz CT molecular complexity index is 1170. The molecule has 0 aliphatic carbocycles. The number of hydrogen-bond donors (Lipinski definition) is 1. The number of ether oxygens (including phenoxy) is 1. The summed E-state index contributed by atoms with van der Waals surface area (Å²) in [4.78, 5) is 16.4. The number of rotatable bonds is 6. The zero-order chi connectivity index (χ0) is 21.3. The number of carbonyl (C=O) groups is 1. The minimum atomic E-state index is -0.911. The van der Waals surface area contributed by atoms with E-state index in [4.69, 9.17) is 14.1 Å². The molecule has 0 aliphatic rings. The van der Waals surface area contributed by atoms with Crippen molar-refractivity contribution in [3.8, 4) is 16.5 Å². The molecule has 4 aromatic rings. The van der Waals surface area contributed by atoms with E-state index in [2.05, 4.69) is 26.2 Å². The average Bonchev–Trinajstić information content (AvgIpc) is 3.35. The summed E-state index contributed by atoms with van der Waals surface area (Å²) in [6.45, 7) is 6.45. The predicted molar refractivity (Wildman–Crippen MR) is 118 cm³/mol. The molecule has 0 saturated heterocycles. The van der Waals surface area contributed by atoms with Crippen molar-refractivity contribution in [3.05, 3.63) is 71.2 Å². The summed E-state index contributed by atoms with van der Waals surface area (Å²) in [5.41, 5.74) is 2.48. The maximum atomic E-state index is 11.7. The van der Waals surface area contributed by atoms with Gasteiger partial charge >= 0.3 is 5.97 Å². The molecule has 0 spiro atoms. The van der Waals surface area contributed by atoms with E-state index in [0.29, 0.717) is 5.75 Å². The number of aliphatic carboxylic acids is 1. The summed E-state index contributed by atoms with van der Waals surface area (Å²) in [6, 6.07) is 16.6. The van der Waals surface area contributed by atoms with E-state index >= 15 is 0 Å². The number of hydrogen-bond acceptors (Lipinski definition) is 5. The lowest BCUT2D eigenvalue weighted by Crippen LogP contribution is -2.19. The van der Waals surface area contributed by atoms with Gasteiger partial charge in [-0.25, -0.2) is 4.98 Å². The molecule has 4 rings (SSSR count). The van der Waals surface area contributed by atoms with Crippen LogP contribution in [0.5, 0.6) is 5.75 Å². The molecule has 2 heterocycles. The zero-order valence-electron chi connectivity index (χ0n) is 17.1. The lowest BCUT2D eigenvalue weighted by Gasteiger charge is -2.14. The molecule has 154 valence electrons. The normalized spacial score (nSPS) is 12.8. The highest BCUT2D eigenvalue weighted by atomic mass is 32.1. The number of benzene rings is 2. The van der Waals surface area contributed by atoms with Crippen LogP contribution < -0.4 is 4.74 Å². The fourth-order valence-electron chi connectivity index (χ4n) is 3.12. The quantitative estimate of drug-likeness (QED) is 0.407. The molecule has 1 N–H and O–H groups in total. The van der Waals surface area contributed by atoms with Crippen LogP contribution in [0.4, 0.5) is 0 Å². The van der Waals surface area contributed by atoms with Crippen LogP contribution in [0.1, 0.15) is 37.9 Å².